The van der Waals surface area contributed by atoms with Gasteiger partial charge in [-0.1, -0.05) is 11.8 Å². The van der Waals surface area contributed by atoms with Crippen LogP contribution in [0.15, 0.2) is 12.1 Å². The van der Waals surface area contributed by atoms with Crippen LogP contribution in [0.4, 0.5) is 0 Å². The van der Waals surface area contributed by atoms with Crippen molar-refractivity contribution in [3.8, 4) is 11.8 Å². The largest absolute Gasteiger partial charge is 0.384 e. The number of aliphatic hydroxyl groups is 1. The molecule has 1 aliphatic heterocycles. The van der Waals surface area contributed by atoms with Gasteiger partial charge in [-0.2, -0.15) is 0 Å². The number of likely N-dealkylation sites (tertiary alicyclic amines) is 1. The minimum Gasteiger partial charge on any atom is -0.384 e. The summed E-state index contributed by atoms with van der Waals surface area (Å²) in [6, 6.07) is 2.88. The highest BCUT2D eigenvalue weighted by atomic mass is 32.1. The van der Waals surface area contributed by atoms with Crippen LogP contribution in [0.25, 0.3) is 0 Å². The van der Waals surface area contributed by atoms with Gasteiger partial charge in [-0.25, -0.2) is 0 Å². The van der Waals surface area contributed by atoms with Crippen LogP contribution in [0.5, 0.6) is 0 Å². The first-order valence-corrected chi connectivity index (χ1v) is 7.72. The summed E-state index contributed by atoms with van der Waals surface area (Å²) in [5.74, 6) is 4.99. The molecule has 1 atom stereocenters. The van der Waals surface area contributed by atoms with Gasteiger partial charge < -0.3 is 15.3 Å². The molecule has 1 aromatic rings. The number of aliphatic hydroxyl groups excluding tert-OH is 1. The molecule has 0 spiro atoms. The van der Waals surface area contributed by atoms with Crippen LogP contribution in [0.1, 0.15) is 34.3 Å². The van der Waals surface area contributed by atoms with Gasteiger partial charge in [0, 0.05) is 13.1 Å². The van der Waals surface area contributed by atoms with Crippen LogP contribution < -0.4 is 5.32 Å². The number of nitrogens with zero attached hydrogens (tertiary/aromatic N) is 1. The highest BCUT2D eigenvalue weighted by Gasteiger charge is 2.24. The Kier molecular flexibility index (Phi) is 5.37. The number of hydrogen-bond acceptors (Lipinski definition) is 4. The Bertz CT molecular complexity index is 579. The first kappa shape index (κ1) is 15.5. The van der Waals surface area contributed by atoms with E-state index in [-0.39, 0.29) is 18.4 Å². The van der Waals surface area contributed by atoms with E-state index in [0.717, 1.165) is 25.9 Å². The van der Waals surface area contributed by atoms with Crippen LogP contribution >= 0.6 is 11.3 Å². The van der Waals surface area contributed by atoms with Gasteiger partial charge >= 0.3 is 0 Å². The van der Waals surface area contributed by atoms with E-state index in [1.165, 1.54) is 11.3 Å². The Morgan fingerprint density at radius 2 is 2.14 bits per heavy atom. The Morgan fingerprint density at radius 1 is 1.43 bits per heavy atom. The zero-order valence-corrected chi connectivity index (χ0v) is 12.7. The predicted molar refractivity (Wildman–Crippen MR) is 81.0 cm³/mol. The van der Waals surface area contributed by atoms with Crippen molar-refractivity contribution < 1.29 is 14.7 Å². The average molecular weight is 306 g/mol. The molecular weight excluding hydrogens is 288 g/mol. The highest BCUT2D eigenvalue weighted by Crippen LogP contribution is 2.16. The van der Waals surface area contributed by atoms with Crippen LogP contribution in [-0.4, -0.2) is 47.6 Å². The second-order valence-electron chi connectivity index (χ2n) is 4.85. The van der Waals surface area contributed by atoms with E-state index in [0.29, 0.717) is 9.75 Å². The zero-order chi connectivity index (χ0) is 15.2. The average Bonchev–Trinajstić information content (AvgIpc) is 3.15. The van der Waals surface area contributed by atoms with E-state index in [2.05, 4.69) is 17.2 Å². The van der Waals surface area contributed by atoms with E-state index in [9.17, 15) is 9.59 Å². The third kappa shape index (κ3) is 4.06. The molecule has 2 N–H and O–H groups in total. The molecule has 1 aromatic heterocycles. The highest BCUT2D eigenvalue weighted by molar-refractivity contribution is 7.14. The van der Waals surface area contributed by atoms with E-state index in [4.69, 9.17) is 5.11 Å². The van der Waals surface area contributed by atoms with E-state index in [1.807, 2.05) is 0 Å². The molecule has 1 unspecified atom stereocenters. The van der Waals surface area contributed by atoms with Crippen molar-refractivity contribution in [2.24, 2.45) is 0 Å². The number of carbonyl (C=O) groups excluding carboxylic acids is 2. The first-order valence-electron chi connectivity index (χ1n) is 6.91. The third-order valence-corrected chi connectivity index (χ3v) is 4.26. The molecule has 0 aliphatic carbocycles. The lowest BCUT2D eigenvalue weighted by atomic mass is 10.3. The van der Waals surface area contributed by atoms with Gasteiger partial charge in [-0.3, -0.25) is 9.59 Å². The van der Waals surface area contributed by atoms with Gasteiger partial charge in [-0.05, 0) is 31.9 Å². The van der Waals surface area contributed by atoms with Gasteiger partial charge in [0.1, 0.15) is 12.6 Å². The summed E-state index contributed by atoms with van der Waals surface area (Å²) < 4.78 is 0. The minimum absolute atomic E-state index is 0.0299. The van der Waals surface area contributed by atoms with Crippen LogP contribution in [0.2, 0.25) is 0 Å². The summed E-state index contributed by atoms with van der Waals surface area (Å²) in [5, 5.41) is 11.4. The number of hydrogen-bond donors (Lipinski definition) is 2. The molecule has 6 heteroatoms. The molecule has 0 aromatic carbocycles. The number of nitrogens with one attached hydrogen (secondary N) is 1. The van der Waals surface area contributed by atoms with Gasteiger partial charge in [-0.15, -0.1) is 11.3 Å². The molecule has 2 heterocycles. The van der Waals surface area contributed by atoms with Crippen molar-refractivity contribution >= 4 is 23.2 Å². The molecular formula is C15H18N2O3S. The quantitative estimate of drug-likeness (QED) is 0.813. The predicted octanol–water partition coefficient (Wildman–Crippen LogP) is 0.833. The first-order chi connectivity index (χ1) is 10.1. The maximum absolute atomic E-state index is 12.1. The molecule has 1 fully saturated rings. The Morgan fingerprint density at radius 3 is 2.81 bits per heavy atom. The molecule has 0 saturated carbocycles. The lowest BCUT2D eigenvalue weighted by Gasteiger charge is -2.20. The fourth-order valence-corrected chi connectivity index (χ4v) is 2.98. The van der Waals surface area contributed by atoms with Crippen LogP contribution in [0.3, 0.4) is 0 Å². The van der Waals surface area contributed by atoms with Crippen molar-refractivity contribution in [1.82, 2.24) is 10.2 Å². The van der Waals surface area contributed by atoms with Crippen molar-refractivity contribution in [3.05, 3.63) is 21.9 Å². The van der Waals surface area contributed by atoms with Gasteiger partial charge in [0.25, 0.3) is 5.91 Å². The zero-order valence-electron chi connectivity index (χ0n) is 11.9. The summed E-state index contributed by atoms with van der Waals surface area (Å²) in [6.07, 6.45) is 2.06. The second kappa shape index (κ2) is 7.25. The molecule has 112 valence electrons. The van der Waals surface area contributed by atoms with Crippen molar-refractivity contribution in [2.45, 2.75) is 25.8 Å². The van der Waals surface area contributed by atoms with Gasteiger partial charge in [0.15, 0.2) is 0 Å². The summed E-state index contributed by atoms with van der Waals surface area (Å²) >= 11 is 1.25. The Labute approximate surface area is 128 Å². The SMILES string of the molecule is CC(NC(=O)c1ccc(C#CCO)s1)C(=O)N1CCCC1. The monoisotopic (exact) mass is 306 g/mol. The lowest BCUT2D eigenvalue weighted by molar-refractivity contribution is -0.131. The van der Waals surface area contributed by atoms with Crippen LogP contribution in [-0.2, 0) is 4.79 Å². The molecule has 2 amide bonds. The van der Waals surface area contributed by atoms with E-state index < -0.39 is 6.04 Å². The number of carbonyl (C=O) groups is 2. The van der Waals surface area contributed by atoms with Gasteiger partial charge in [0.2, 0.25) is 5.91 Å². The summed E-state index contributed by atoms with van der Waals surface area (Å²) in [5.41, 5.74) is 0. The Balaban J connectivity index is 1.94. The van der Waals surface area contributed by atoms with Crippen molar-refractivity contribution in [3.63, 3.8) is 0 Å². The van der Waals surface area contributed by atoms with Crippen molar-refractivity contribution in [1.29, 1.82) is 0 Å². The number of rotatable bonds is 3. The summed E-state index contributed by atoms with van der Waals surface area (Å²) in [6.45, 7) is 3.05. The van der Waals surface area contributed by atoms with Gasteiger partial charge in [0.05, 0.1) is 9.75 Å². The fraction of sp³-hybridized carbons (Fsp3) is 0.467. The number of amides is 2. The van der Waals surface area contributed by atoms with E-state index >= 15 is 0 Å². The molecule has 0 radical (unpaired) electrons. The molecule has 1 aliphatic rings. The molecule has 2 rings (SSSR count). The standard InChI is InChI=1S/C15H18N2O3S/c1-11(15(20)17-8-2-3-9-17)16-14(19)13-7-6-12(21-13)5-4-10-18/h6-7,11,18H,2-3,8-10H2,1H3,(H,16,19). The third-order valence-electron chi connectivity index (χ3n) is 3.26. The molecule has 0 bridgehead atoms. The van der Waals surface area contributed by atoms with Crippen molar-refractivity contribution in [2.75, 3.05) is 19.7 Å². The maximum Gasteiger partial charge on any atom is 0.262 e. The summed E-state index contributed by atoms with van der Waals surface area (Å²) in [4.78, 5) is 27.2. The lowest BCUT2D eigenvalue weighted by Crippen LogP contribution is -2.45. The molecule has 1 saturated heterocycles. The number of thiophene rings is 1. The smallest absolute Gasteiger partial charge is 0.262 e. The fourth-order valence-electron chi connectivity index (χ4n) is 2.19. The summed E-state index contributed by atoms with van der Waals surface area (Å²) in [7, 11) is 0. The topological polar surface area (TPSA) is 69.6 Å². The van der Waals surface area contributed by atoms with E-state index in [1.54, 1.807) is 24.0 Å². The Hall–Kier alpha value is -1.84. The second-order valence-corrected chi connectivity index (χ2v) is 5.94. The normalized spacial score (nSPS) is 15.2. The molecule has 21 heavy (non-hydrogen) atoms. The van der Waals surface area contributed by atoms with Crippen LogP contribution in [0, 0.1) is 11.8 Å². The minimum atomic E-state index is -0.523. The maximum atomic E-state index is 12.1. The molecule has 5 nitrogen and oxygen atoms in total.